The summed E-state index contributed by atoms with van der Waals surface area (Å²) in [5, 5.41) is 0. The maximum absolute atomic E-state index is 11.6. The molecule has 12 heavy (non-hydrogen) atoms. The first-order valence-electron chi connectivity index (χ1n) is 3.46. The van der Waals surface area contributed by atoms with E-state index >= 15 is 0 Å². The third kappa shape index (κ3) is 10.0. The van der Waals surface area contributed by atoms with Gasteiger partial charge >= 0.3 is 80.6 Å². The molecule has 0 aromatic rings. The first kappa shape index (κ1) is 12.0. The van der Waals surface area contributed by atoms with Gasteiger partial charge in [-0.05, 0) is 0 Å². The summed E-state index contributed by atoms with van der Waals surface area (Å²) in [5.74, 6) is 0. The third-order valence-corrected chi connectivity index (χ3v) is 2.69. The molecule has 0 N–H and O–H groups in total. The second-order valence-corrected chi connectivity index (χ2v) is 4.73. The Morgan fingerprint density at radius 2 is 1.92 bits per heavy atom. The van der Waals surface area contributed by atoms with E-state index < -0.39 is 12.6 Å². The van der Waals surface area contributed by atoms with Crippen LogP contribution in [0.1, 0.15) is 12.8 Å². The summed E-state index contributed by atoms with van der Waals surface area (Å²) in [6.45, 7) is 3.55. The Labute approximate surface area is 80.8 Å². The fraction of sp³-hybridized carbons (Fsp3) is 0.500. The number of hydrogen-bond acceptors (Lipinski definition) is 0. The van der Waals surface area contributed by atoms with Crippen molar-refractivity contribution >= 4 is 0 Å². The third-order valence-electron chi connectivity index (χ3n) is 1.05. The molecule has 0 fully saturated rings. The van der Waals surface area contributed by atoms with Gasteiger partial charge in [0.05, 0.1) is 0 Å². The molecule has 0 saturated heterocycles. The number of hydrogen-bond donors (Lipinski definition) is 0. The van der Waals surface area contributed by atoms with Gasteiger partial charge in [-0.3, -0.25) is 0 Å². The molecule has 0 atom stereocenters. The van der Waals surface area contributed by atoms with Crippen molar-refractivity contribution < 1.29 is 34.4 Å². The predicted molar refractivity (Wildman–Crippen MR) is 39.5 cm³/mol. The molecule has 0 amide bonds. The molecule has 0 nitrogen and oxygen atoms in total. The van der Waals surface area contributed by atoms with Crippen molar-refractivity contribution in [3.05, 3.63) is 22.8 Å². The number of halogens is 4. The minimum atomic E-state index is -4.02. The SMILES string of the molecule is C=C[I-]C/C=C/CCC(F)(F)F. The normalized spacial score (nSPS) is 12.6. The minimum absolute atomic E-state index is 0.0228. The molecule has 4 heteroatoms. The van der Waals surface area contributed by atoms with Crippen molar-refractivity contribution in [3.63, 3.8) is 0 Å². The summed E-state index contributed by atoms with van der Waals surface area (Å²) >= 11 is -0.0228. The van der Waals surface area contributed by atoms with Crippen LogP contribution in [0.3, 0.4) is 0 Å². The van der Waals surface area contributed by atoms with E-state index in [-0.39, 0.29) is 27.6 Å². The van der Waals surface area contributed by atoms with Crippen LogP contribution < -0.4 is 21.2 Å². The molecular formula is C8H11F3I-. The van der Waals surface area contributed by atoms with Crippen molar-refractivity contribution in [3.8, 4) is 0 Å². The zero-order chi connectivity index (χ0) is 9.45. The summed E-state index contributed by atoms with van der Waals surface area (Å²) in [6.07, 6.45) is -1.23. The molecular weight excluding hydrogens is 280 g/mol. The Balaban J connectivity index is 3.30. The standard InChI is InChI=1S/C8H11F3I/c1-2-12-7-5-3-4-6-8(9,10)11/h2-3,5H,1,4,6-7H2/q-1/b5-3+. The first-order chi connectivity index (χ1) is 5.56. The van der Waals surface area contributed by atoms with Crippen LogP contribution in [0.4, 0.5) is 13.2 Å². The monoisotopic (exact) mass is 291 g/mol. The average Bonchev–Trinajstić information content (AvgIpc) is 1.94. The average molecular weight is 291 g/mol. The first-order valence-corrected chi connectivity index (χ1v) is 6.24. The topological polar surface area (TPSA) is 0 Å². The molecule has 0 aliphatic heterocycles. The zero-order valence-electron chi connectivity index (χ0n) is 6.57. The van der Waals surface area contributed by atoms with Crippen LogP contribution >= 0.6 is 0 Å². The van der Waals surface area contributed by atoms with Crippen molar-refractivity contribution in [1.82, 2.24) is 0 Å². The van der Waals surface area contributed by atoms with Crippen LogP contribution in [-0.4, -0.2) is 10.6 Å². The molecule has 0 aromatic heterocycles. The Bertz CT molecular complexity index is 149. The Hall–Kier alpha value is -0.0000000000000000555. The van der Waals surface area contributed by atoms with E-state index in [1.165, 1.54) is 0 Å². The molecule has 0 bridgehead atoms. The van der Waals surface area contributed by atoms with Crippen molar-refractivity contribution in [2.24, 2.45) is 0 Å². The van der Waals surface area contributed by atoms with Crippen LogP contribution in [0.5, 0.6) is 0 Å². The van der Waals surface area contributed by atoms with Crippen LogP contribution in [0.15, 0.2) is 22.8 Å². The molecule has 0 rings (SSSR count). The van der Waals surface area contributed by atoms with Crippen molar-refractivity contribution in [1.29, 1.82) is 0 Å². The Morgan fingerprint density at radius 3 is 2.42 bits per heavy atom. The molecule has 0 spiro atoms. The molecule has 0 unspecified atom stereocenters. The fourth-order valence-corrected chi connectivity index (χ4v) is 1.56. The van der Waals surface area contributed by atoms with E-state index in [0.717, 1.165) is 4.43 Å². The van der Waals surface area contributed by atoms with E-state index in [1.54, 1.807) is 12.2 Å². The van der Waals surface area contributed by atoms with Gasteiger partial charge in [0, 0.05) is 0 Å². The van der Waals surface area contributed by atoms with Gasteiger partial charge in [0.2, 0.25) is 0 Å². The summed E-state index contributed by atoms with van der Waals surface area (Å²) in [4.78, 5) is 0. The van der Waals surface area contributed by atoms with Crippen LogP contribution in [0, 0.1) is 0 Å². The van der Waals surface area contributed by atoms with E-state index in [1.807, 2.05) is 4.08 Å². The zero-order valence-corrected chi connectivity index (χ0v) is 8.73. The van der Waals surface area contributed by atoms with Gasteiger partial charge in [0.15, 0.2) is 0 Å². The second kappa shape index (κ2) is 6.51. The molecule has 0 saturated carbocycles. The van der Waals surface area contributed by atoms with Crippen LogP contribution in [0.2, 0.25) is 0 Å². The quantitative estimate of drug-likeness (QED) is 0.292. The summed E-state index contributed by atoms with van der Waals surface area (Å²) in [6, 6.07) is 0. The van der Waals surface area contributed by atoms with Gasteiger partial charge < -0.3 is 0 Å². The molecule has 0 aromatic carbocycles. The predicted octanol–water partition coefficient (Wildman–Crippen LogP) is 0.118. The van der Waals surface area contributed by atoms with Gasteiger partial charge in [0.1, 0.15) is 0 Å². The van der Waals surface area contributed by atoms with E-state index in [2.05, 4.69) is 6.58 Å². The van der Waals surface area contributed by atoms with E-state index in [9.17, 15) is 13.2 Å². The maximum atomic E-state index is 11.6. The summed E-state index contributed by atoms with van der Waals surface area (Å²) in [5.41, 5.74) is 0. The number of allylic oxidation sites excluding steroid dienone is 2. The van der Waals surface area contributed by atoms with Crippen molar-refractivity contribution in [2.45, 2.75) is 19.0 Å². The van der Waals surface area contributed by atoms with Gasteiger partial charge in [0.25, 0.3) is 0 Å². The van der Waals surface area contributed by atoms with Crippen LogP contribution in [-0.2, 0) is 0 Å². The second-order valence-electron chi connectivity index (χ2n) is 2.09. The van der Waals surface area contributed by atoms with Gasteiger partial charge in [-0.2, -0.15) is 0 Å². The van der Waals surface area contributed by atoms with Gasteiger partial charge in [-0.1, -0.05) is 0 Å². The molecule has 0 aliphatic carbocycles. The Kier molecular flexibility index (Phi) is 6.51. The van der Waals surface area contributed by atoms with Crippen LogP contribution in [0.25, 0.3) is 0 Å². The molecule has 0 heterocycles. The van der Waals surface area contributed by atoms with E-state index in [0.29, 0.717) is 0 Å². The fourth-order valence-electron chi connectivity index (χ4n) is 0.542. The number of rotatable bonds is 5. The van der Waals surface area contributed by atoms with Gasteiger partial charge in [-0.15, -0.1) is 0 Å². The summed E-state index contributed by atoms with van der Waals surface area (Å²) < 4.78 is 37.5. The van der Waals surface area contributed by atoms with E-state index in [4.69, 9.17) is 0 Å². The summed E-state index contributed by atoms with van der Waals surface area (Å²) in [7, 11) is 0. The van der Waals surface area contributed by atoms with Crippen molar-refractivity contribution in [2.75, 3.05) is 4.43 Å². The molecule has 0 aliphatic rings. The Morgan fingerprint density at radius 1 is 1.25 bits per heavy atom. The van der Waals surface area contributed by atoms with Gasteiger partial charge in [-0.25, -0.2) is 0 Å². The number of alkyl halides is 4. The molecule has 72 valence electrons. The molecule has 0 radical (unpaired) electrons.